The Bertz CT molecular complexity index is 920. The topological polar surface area (TPSA) is 66.5 Å². The van der Waals surface area contributed by atoms with Crippen molar-refractivity contribution in [1.82, 2.24) is 5.32 Å². The van der Waals surface area contributed by atoms with E-state index in [1.807, 2.05) is 13.0 Å². The monoisotopic (exact) mass is 416 g/mol. The summed E-state index contributed by atoms with van der Waals surface area (Å²) in [7, 11) is -3.31. The van der Waals surface area contributed by atoms with E-state index in [0.29, 0.717) is 17.7 Å². The number of anilines is 1. The van der Waals surface area contributed by atoms with Crippen molar-refractivity contribution in [1.29, 1.82) is 0 Å². The zero-order valence-electron chi connectivity index (χ0n) is 17.6. The van der Waals surface area contributed by atoms with Crippen LogP contribution in [0.4, 0.5) is 5.69 Å². The number of nitrogens with zero attached hydrogens (tertiary/aromatic N) is 1. The van der Waals surface area contributed by atoms with Crippen LogP contribution in [0.5, 0.6) is 0 Å². The van der Waals surface area contributed by atoms with E-state index in [0.717, 1.165) is 23.3 Å². The predicted molar refractivity (Wildman–Crippen MR) is 114 cm³/mol. The molecule has 2 atom stereocenters. The minimum atomic E-state index is -3.31. The van der Waals surface area contributed by atoms with Crippen LogP contribution in [0.15, 0.2) is 18.2 Å². The Morgan fingerprint density at radius 3 is 2.28 bits per heavy atom. The van der Waals surface area contributed by atoms with E-state index in [9.17, 15) is 13.2 Å². The summed E-state index contributed by atoms with van der Waals surface area (Å²) in [5, 5.41) is 3.33. The number of benzene rings is 1. The van der Waals surface area contributed by atoms with Crippen LogP contribution in [0, 0.1) is 23.2 Å². The molecular formula is C23H32N2O3S. The lowest BCUT2D eigenvalue weighted by molar-refractivity contribution is -0.0688. The molecule has 158 valence electrons. The van der Waals surface area contributed by atoms with Crippen LogP contribution in [0.1, 0.15) is 68.3 Å². The number of nitrogens with one attached hydrogen (secondary N) is 1. The van der Waals surface area contributed by atoms with Crippen LogP contribution in [-0.4, -0.2) is 32.7 Å². The Morgan fingerprint density at radius 2 is 1.72 bits per heavy atom. The maximum atomic E-state index is 13.1. The first-order chi connectivity index (χ1) is 13.6. The van der Waals surface area contributed by atoms with Crippen molar-refractivity contribution < 1.29 is 13.2 Å². The molecule has 1 heterocycles. The summed E-state index contributed by atoms with van der Waals surface area (Å²) in [4.78, 5) is 13.1. The molecule has 2 unspecified atom stereocenters. The van der Waals surface area contributed by atoms with Gasteiger partial charge < -0.3 is 5.32 Å². The van der Waals surface area contributed by atoms with Crippen molar-refractivity contribution in [2.75, 3.05) is 10.6 Å². The van der Waals surface area contributed by atoms with Crippen molar-refractivity contribution in [2.45, 2.75) is 70.9 Å². The van der Waals surface area contributed by atoms with E-state index in [2.05, 4.69) is 12.2 Å². The smallest absolute Gasteiger partial charge is 0.251 e. The summed E-state index contributed by atoms with van der Waals surface area (Å²) in [5.41, 5.74) is 2.58. The molecule has 0 radical (unpaired) electrons. The van der Waals surface area contributed by atoms with Crippen molar-refractivity contribution in [2.24, 2.45) is 23.2 Å². The van der Waals surface area contributed by atoms with Gasteiger partial charge in [-0.25, -0.2) is 8.42 Å². The van der Waals surface area contributed by atoms with E-state index >= 15 is 0 Å². The maximum absolute atomic E-state index is 13.1. The molecule has 4 fully saturated rings. The van der Waals surface area contributed by atoms with E-state index in [1.165, 1.54) is 49.1 Å². The van der Waals surface area contributed by atoms with Gasteiger partial charge in [0.05, 0.1) is 11.9 Å². The van der Waals surface area contributed by atoms with E-state index in [-0.39, 0.29) is 23.4 Å². The molecule has 1 aromatic carbocycles. The first-order valence-electron chi connectivity index (χ1n) is 11.1. The second kappa shape index (κ2) is 6.47. The number of hydrogen-bond donors (Lipinski definition) is 1. The molecule has 5 nitrogen and oxygen atoms in total. The van der Waals surface area contributed by atoms with E-state index in [1.54, 1.807) is 12.1 Å². The Morgan fingerprint density at radius 1 is 1.14 bits per heavy atom. The quantitative estimate of drug-likeness (QED) is 0.813. The second-order valence-corrected chi connectivity index (χ2v) is 12.3. The largest absolute Gasteiger partial charge is 0.349 e. The summed E-state index contributed by atoms with van der Waals surface area (Å²) >= 11 is 0. The van der Waals surface area contributed by atoms with E-state index in [4.69, 9.17) is 0 Å². The van der Waals surface area contributed by atoms with Crippen LogP contribution in [0.2, 0.25) is 0 Å². The highest BCUT2D eigenvalue weighted by molar-refractivity contribution is 7.92. The second-order valence-electron chi connectivity index (χ2n) is 10.4. The fourth-order valence-electron chi connectivity index (χ4n) is 7.39. The van der Waals surface area contributed by atoms with Gasteiger partial charge in [-0.3, -0.25) is 9.10 Å². The first-order valence-corrected chi connectivity index (χ1v) is 12.9. The lowest BCUT2D eigenvalue weighted by atomic mass is 9.48. The number of fused-ring (bicyclic) bond motifs is 1. The molecular weight excluding hydrogens is 384 g/mol. The fourth-order valence-corrected chi connectivity index (χ4v) is 8.65. The molecule has 4 aliphatic carbocycles. The molecule has 4 bridgehead atoms. The summed E-state index contributed by atoms with van der Waals surface area (Å²) < 4.78 is 25.7. The molecule has 1 aromatic rings. The fraction of sp³-hybridized carbons (Fsp3) is 0.696. The highest BCUT2D eigenvalue weighted by Crippen LogP contribution is 2.61. The van der Waals surface area contributed by atoms with Gasteiger partial charge in [0.25, 0.3) is 5.91 Å². The van der Waals surface area contributed by atoms with Crippen molar-refractivity contribution >= 4 is 21.6 Å². The first kappa shape index (κ1) is 19.4. The van der Waals surface area contributed by atoms with Crippen LogP contribution in [0.25, 0.3) is 0 Å². The SMILES string of the molecule is CC1Cc2cc(C(=O)NC(C)C34CC5CC(CC(C5)C3)C4)ccc2N1S(C)(=O)=O. The number of carbonyl (C=O) groups is 1. The third-order valence-electron chi connectivity index (χ3n) is 8.20. The third kappa shape index (κ3) is 3.18. The lowest BCUT2D eigenvalue weighted by Crippen LogP contribution is -2.55. The van der Waals surface area contributed by atoms with Crippen molar-refractivity contribution in [3.63, 3.8) is 0 Å². The minimum Gasteiger partial charge on any atom is -0.349 e. The van der Waals surface area contributed by atoms with Gasteiger partial charge in [-0.2, -0.15) is 0 Å². The van der Waals surface area contributed by atoms with Gasteiger partial charge in [0.1, 0.15) is 0 Å². The normalized spacial score (nSPS) is 36.2. The average Bonchev–Trinajstić information content (AvgIpc) is 2.95. The van der Waals surface area contributed by atoms with Gasteiger partial charge in [-0.15, -0.1) is 0 Å². The van der Waals surface area contributed by atoms with Crippen LogP contribution in [-0.2, 0) is 16.4 Å². The summed E-state index contributed by atoms with van der Waals surface area (Å²) in [6, 6.07) is 5.53. The molecule has 1 aliphatic heterocycles. The van der Waals surface area contributed by atoms with Crippen LogP contribution >= 0.6 is 0 Å². The van der Waals surface area contributed by atoms with Gasteiger partial charge in [-0.05, 0) is 106 Å². The molecule has 6 rings (SSSR count). The van der Waals surface area contributed by atoms with Crippen LogP contribution < -0.4 is 9.62 Å². The molecule has 0 aromatic heterocycles. The molecule has 1 amide bonds. The highest BCUT2D eigenvalue weighted by Gasteiger charge is 2.53. The highest BCUT2D eigenvalue weighted by atomic mass is 32.2. The minimum absolute atomic E-state index is 0.0264. The molecule has 0 saturated heterocycles. The summed E-state index contributed by atoms with van der Waals surface area (Å²) in [6.45, 7) is 4.11. The Labute approximate surface area is 174 Å². The third-order valence-corrected chi connectivity index (χ3v) is 9.48. The zero-order chi connectivity index (χ0) is 20.6. The predicted octanol–water partition coefficient (Wildman–Crippen LogP) is 3.73. The number of sulfonamides is 1. The van der Waals surface area contributed by atoms with Crippen molar-refractivity contribution in [3.8, 4) is 0 Å². The molecule has 4 saturated carbocycles. The summed E-state index contributed by atoms with van der Waals surface area (Å²) in [6.07, 6.45) is 9.90. The Hall–Kier alpha value is -1.56. The molecule has 0 spiro atoms. The van der Waals surface area contributed by atoms with E-state index < -0.39 is 10.0 Å². The molecule has 1 N–H and O–H groups in total. The number of hydrogen-bond acceptors (Lipinski definition) is 3. The van der Waals surface area contributed by atoms with Gasteiger partial charge in [0.2, 0.25) is 10.0 Å². The average molecular weight is 417 g/mol. The lowest BCUT2D eigenvalue weighted by Gasteiger charge is -2.59. The van der Waals surface area contributed by atoms with Crippen molar-refractivity contribution in [3.05, 3.63) is 29.3 Å². The van der Waals surface area contributed by atoms with Gasteiger partial charge >= 0.3 is 0 Å². The van der Waals surface area contributed by atoms with Gasteiger partial charge in [0, 0.05) is 17.6 Å². The summed E-state index contributed by atoms with van der Waals surface area (Å²) in [5.74, 6) is 2.57. The number of rotatable bonds is 4. The number of carbonyl (C=O) groups excluding carboxylic acids is 1. The van der Waals surface area contributed by atoms with Gasteiger partial charge in [0.15, 0.2) is 0 Å². The van der Waals surface area contributed by atoms with Crippen LogP contribution in [0.3, 0.4) is 0 Å². The van der Waals surface area contributed by atoms with Gasteiger partial charge in [-0.1, -0.05) is 0 Å². The molecule has 5 aliphatic rings. The number of amides is 1. The molecule has 6 heteroatoms. The standard InChI is InChI=1S/C23H32N2O3S/c1-14-6-20-10-19(4-5-21(20)25(14)29(3,27)28)22(26)24-15(2)23-11-16-7-17(12-23)9-18(8-16)13-23/h4-5,10,14-18H,6-9,11-13H2,1-3H3,(H,24,26). The Balaban J connectivity index is 1.34. The Kier molecular flexibility index (Phi) is 4.33. The maximum Gasteiger partial charge on any atom is 0.251 e. The molecule has 29 heavy (non-hydrogen) atoms. The zero-order valence-corrected chi connectivity index (χ0v) is 18.5.